The third kappa shape index (κ3) is 5.81. The predicted molar refractivity (Wildman–Crippen MR) is 115 cm³/mol. The Bertz CT molecular complexity index is 878. The highest BCUT2D eigenvalue weighted by Gasteiger charge is 2.31. The van der Waals surface area contributed by atoms with Crippen LogP contribution in [0.4, 0.5) is 4.39 Å². The Kier molecular flexibility index (Phi) is 7.29. The second-order valence-corrected chi connectivity index (χ2v) is 8.93. The van der Waals surface area contributed by atoms with Gasteiger partial charge in [-0.1, -0.05) is 38.1 Å². The topological polar surface area (TPSA) is 47.3 Å². The van der Waals surface area contributed by atoms with Gasteiger partial charge in [0.1, 0.15) is 11.2 Å². The highest BCUT2D eigenvalue weighted by Crippen LogP contribution is 2.38. The zero-order chi connectivity index (χ0) is 20.8. The molecule has 0 unspecified atom stereocenters. The quantitative estimate of drug-likeness (QED) is 0.676. The molecule has 6 heteroatoms. The van der Waals surface area contributed by atoms with Gasteiger partial charge in [0.2, 0.25) is 5.91 Å². The molecule has 0 aliphatic carbocycles. The summed E-state index contributed by atoms with van der Waals surface area (Å²) in [5.74, 6) is 1.11. The van der Waals surface area contributed by atoms with Gasteiger partial charge in [-0.2, -0.15) is 5.26 Å². The summed E-state index contributed by atoms with van der Waals surface area (Å²) < 4.78 is 13.3. The number of carbonyl (C=O) groups is 1. The molecular formula is C23H26FN3OS. The summed E-state index contributed by atoms with van der Waals surface area (Å²) in [7, 11) is 0. The fraction of sp³-hybridized carbons (Fsp3) is 0.391. The number of carbonyl (C=O) groups excluding carboxylic acids is 1. The standard InChI is InChI=1S/C23H26FN3OS/c1-17(2)14-26(15-19-5-3-4-18(12-19)13-25)16-22(28)27-10-11-29-23(27)20-6-8-21(24)9-7-20/h3-9,12,17,23H,10-11,14-16H2,1-2H3/t23-/m1/s1. The molecule has 4 nitrogen and oxygen atoms in total. The molecule has 0 saturated carbocycles. The highest BCUT2D eigenvalue weighted by atomic mass is 32.2. The fourth-order valence-corrected chi connectivity index (χ4v) is 4.89. The van der Waals surface area contributed by atoms with Crippen LogP contribution in [0.15, 0.2) is 48.5 Å². The molecule has 0 aromatic heterocycles. The summed E-state index contributed by atoms with van der Waals surface area (Å²) in [6.45, 7) is 6.72. The Balaban J connectivity index is 1.71. The number of nitrogens with zero attached hydrogens (tertiary/aromatic N) is 3. The second-order valence-electron chi connectivity index (χ2n) is 7.74. The van der Waals surface area contributed by atoms with E-state index in [0.29, 0.717) is 31.1 Å². The van der Waals surface area contributed by atoms with Crippen LogP contribution in [0, 0.1) is 23.1 Å². The lowest BCUT2D eigenvalue weighted by atomic mass is 10.1. The van der Waals surface area contributed by atoms with Crippen molar-refractivity contribution in [3.63, 3.8) is 0 Å². The van der Waals surface area contributed by atoms with Gasteiger partial charge < -0.3 is 4.90 Å². The second kappa shape index (κ2) is 9.91. The average Bonchev–Trinajstić information content (AvgIpc) is 3.18. The summed E-state index contributed by atoms with van der Waals surface area (Å²) in [4.78, 5) is 17.2. The lowest BCUT2D eigenvalue weighted by Gasteiger charge is -2.29. The van der Waals surface area contributed by atoms with Crippen LogP contribution in [-0.4, -0.2) is 41.1 Å². The number of halogens is 1. The smallest absolute Gasteiger partial charge is 0.237 e. The predicted octanol–water partition coefficient (Wildman–Crippen LogP) is 4.43. The average molecular weight is 412 g/mol. The van der Waals surface area contributed by atoms with Gasteiger partial charge in [-0.15, -0.1) is 11.8 Å². The number of hydrogen-bond donors (Lipinski definition) is 0. The maximum atomic E-state index is 13.3. The normalized spacial score (nSPS) is 16.4. The molecule has 1 fully saturated rings. The van der Waals surface area contributed by atoms with E-state index in [1.807, 2.05) is 23.1 Å². The Morgan fingerprint density at radius 3 is 2.76 bits per heavy atom. The monoisotopic (exact) mass is 411 g/mol. The Morgan fingerprint density at radius 1 is 1.31 bits per heavy atom. The maximum Gasteiger partial charge on any atom is 0.237 e. The molecule has 0 N–H and O–H groups in total. The highest BCUT2D eigenvalue weighted by molar-refractivity contribution is 7.99. The van der Waals surface area contributed by atoms with Crippen LogP contribution in [0.1, 0.15) is 35.9 Å². The molecule has 2 aromatic carbocycles. The van der Waals surface area contributed by atoms with Crippen LogP contribution in [-0.2, 0) is 11.3 Å². The van der Waals surface area contributed by atoms with Crippen LogP contribution in [0.5, 0.6) is 0 Å². The molecule has 1 atom stereocenters. The number of rotatable bonds is 7. The summed E-state index contributed by atoms with van der Waals surface area (Å²) in [5, 5.41) is 9.07. The SMILES string of the molecule is CC(C)CN(CC(=O)N1CCS[C@@H]1c1ccc(F)cc1)Cc1cccc(C#N)c1. The van der Waals surface area contributed by atoms with Crippen molar-refractivity contribution in [1.29, 1.82) is 5.26 Å². The number of benzene rings is 2. The molecule has 0 bridgehead atoms. The van der Waals surface area contributed by atoms with Crippen LogP contribution < -0.4 is 0 Å². The summed E-state index contributed by atoms with van der Waals surface area (Å²) >= 11 is 1.72. The molecule has 1 heterocycles. The van der Waals surface area contributed by atoms with Gasteiger partial charge in [0.05, 0.1) is 18.2 Å². The third-order valence-electron chi connectivity index (χ3n) is 4.81. The van der Waals surface area contributed by atoms with E-state index in [0.717, 1.165) is 23.4 Å². The molecule has 1 aliphatic heterocycles. The van der Waals surface area contributed by atoms with Gasteiger partial charge in [-0.3, -0.25) is 9.69 Å². The van der Waals surface area contributed by atoms with Gasteiger partial charge in [-0.05, 0) is 41.3 Å². The van der Waals surface area contributed by atoms with Crippen molar-refractivity contribution in [2.24, 2.45) is 5.92 Å². The van der Waals surface area contributed by atoms with Gasteiger partial charge >= 0.3 is 0 Å². The first-order valence-electron chi connectivity index (χ1n) is 9.84. The first-order valence-corrected chi connectivity index (χ1v) is 10.9. The van der Waals surface area contributed by atoms with E-state index in [1.165, 1.54) is 12.1 Å². The van der Waals surface area contributed by atoms with Crippen LogP contribution in [0.3, 0.4) is 0 Å². The minimum absolute atomic E-state index is 0.0640. The molecule has 1 aliphatic rings. The van der Waals surface area contributed by atoms with Gasteiger partial charge in [-0.25, -0.2) is 4.39 Å². The van der Waals surface area contributed by atoms with Crippen molar-refractivity contribution < 1.29 is 9.18 Å². The Morgan fingerprint density at radius 2 is 2.07 bits per heavy atom. The summed E-state index contributed by atoms with van der Waals surface area (Å²) in [6.07, 6.45) is 0. The molecular weight excluding hydrogens is 385 g/mol. The maximum absolute atomic E-state index is 13.3. The van der Waals surface area contributed by atoms with E-state index in [2.05, 4.69) is 24.8 Å². The van der Waals surface area contributed by atoms with Crippen molar-refractivity contribution in [2.75, 3.05) is 25.4 Å². The van der Waals surface area contributed by atoms with E-state index in [4.69, 9.17) is 5.26 Å². The van der Waals surface area contributed by atoms with Crippen molar-refractivity contribution in [1.82, 2.24) is 9.80 Å². The first-order chi connectivity index (χ1) is 14.0. The molecule has 2 aromatic rings. The van der Waals surface area contributed by atoms with E-state index in [-0.39, 0.29) is 17.1 Å². The third-order valence-corrected chi connectivity index (χ3v) is 6.07. The van der Waals surface area contributed by atoms with Crippen LogP contribution in [0.2, 0.25) is 0 Å². The van der Waals surface area contributed by atoms with Gasteiger partial charge in [0.15, 0.2) is 0 Å². The lowest BCUT2D eigenvalue weighted by Crippen LogP contribution is -2.41. The van der Waals surface area contributed by atoms with E-state index in [1.54, 1.807) is 30.0 Å². The van der Waals surface area contributed by atoms with Crippen LogP contribution >= 0.6 is 11.8 Å². The minimum atomic E-state index is -0.266. The number of nitriles is 1. The zero-order valence-corrected chi connectivity index (χ0v) is 17.7. The molecule has 1 saturated heterocycles. The Hall–Kier alpha value is -2.36. The summed E-state index contributed by atoms with van der Waals surface area (Å²) in [5.41, 5.74) is 2.62. The first kappa shape index (κ1) is 21.4. The summed E-state index contributed by atoms with van der Waals surface area (Å²) in [6, 6.07) is 16.1. The van der Waals surface area contributed by atoms with Crippen molar-refractivity contribution >= 4 is 17.7 Å². The molecule has 0 radical (unpaired) electrons. The minimum Gasteiger partial charge on any atom is -0.325 e. The molecule has 3 rings (SSSR count). The van der Waals surface area contributed by atoms with E-state index < -0.39 is 0 Å². The van der Waals surface area contributed by atoms with E-state index >= 15 is 0 Å². The zero-order valence-electron chi connectivity index (χ0n) is 16.8. The largest absolute Gasteiger partial charge is 0.325 e. The number of hydrogen-bond acceptors (Lipinski definition) is 4. The lowest BCUT2D eigenvalue weighted by molar-refractivity contribution is -0.132. The molecule has 0 spiro atoms. The van der Waals surface area contributed by atoms with E-state index in [9.17, 15) is 9.18 Å². The number of amides is 1. The van der Waals surface area contributed by atoms with Gasteiger partial charge in [0, 0.05) is 25.4 Å². The van der Waals surface area contributed by atoms with Crippen molar-refractivity contribution in [3.8, 4) is 6.07 Å². The fourth-order valence-electron chi connectivity index (χ4n) is 3.61. The molecule has 152 valence electrons. The van der Waals surface area contributed by atoms with Crippen molar-refractivity contribution in [3.05, 3.63) is 71.0 Å². The molecule has 29 heavy (non-hydrogen) atoms. The van der Waals surface area contributed by atoms with Gasteiger partial charge in [0.25, 0.3) is 0 Å². The van der Waals surface area contributed by atoms with Crippen molar-refractivity contribution in [2.45, 2.75) is 25.8 Å². The molecule has 1 amide bonds. The Labute approximate surface area is 176 Å². The van der Waals surface area contributed by atoms with Crippen LogP contribution in [0.25, 0.3) is 0 Å². The number of thioether (sulfide) groups is 1.